The van der Waals surface area contributed by atoms with E-state index in [0.29, 0.717) is 18.0 Å². The summed E-state index contributed by atoms with van der Waals surface area (Å²) in [6.45, 7) is 6.58. The second-order valence-electron chi connectivity index (χ2n) is 12.4. The monoisotopic (exact) mass is 564 g/mol. The summed E-state index contributed by atoms with van der Waals surface area (Å²) in [7, 11) is 0. The van der Waals surface area contributed by atoms with Gasteiger partial charge in [-0.2, -0.15) is 0 Å². The van der Waals surface area contributed by atoms with Gasteiger partial charge in [0.15, 0.2) is 0 Å². The zero-order chi connectivity index (χ0) is 29.7. The fourth-order valence-electron chi connectivity index (χ4n) is 5.79. The van der Waals surface area contributed by atoms with Crippen LogP contribution in [0.2, 0.25) is 0 Å². The molecule has 1 aromatic heterocycles. The number of carboxylic acids is 1. The summed E-state index contributed by atoms with van der Waals surface area (Å²) in [4.78, 5) is 29.8. The van der Waals surface area contributed by atoms with Crippen LogP contribution in [0.5, 0.6) is 11.5 Å². The van der Waals surface area contributed by atoms with Crippen molar-refractivity contribution in [3.8, 4) is 11.5 Å². The third kappa shape index (κ3) is 7.35. The molecule has 1 aliphatic rings. The molecule has 42 heavy (non-hydrogen) atoms. The molecule has 1 atom stereocenters. The molecule has 6 nitrogen and oxygen atoms in total. The zero-order valence-corrected chi connectivity index (χ0v) is 24.7. The molecule has 3 aromatic carbocycles. The number of carboxylic acid groups (broad SMARTS) is 1. The predicted molar refractivity (Wildman–Crippen MR) is 166 cm³/mol. The summed E-state index contributed by atoms with van der Waals surface area (Å²) in [5, 5.41) is 14.3. The summed E-state index contributed by atoms with van der Waals surface area (Å²) in [5.74, 6) is 0.854. The second kappa shape index (κ2) is 12.8. The van der Waals surface area contributed by atoms with Crippen LogP contribution in [0.25, 0.3) is 10.8 Å². The van der Waals surface area contributed by atoms with Crippen LogP contribution < -0.4 is 10.1 Å². The molecule has 1 saturated carbocycles. The maximum atomic E-state index is 13.6. The number of carbonyl (C=O) groups is 2. The lowest BCUT2D eigenvalue weighted by molar-refractivity contribution is -0.137. The lowest BCUT2D eigenvalue weighted by atomic mass is 9.87. The Morgan fingerprint density at radius 2 is 1.64 bits per heavy atom. The Labute approximate surface area is 248 Å². The van der Waals surface area contributed by atoms with E-state index in [-0.39, 0.29) is 17.7 Å². The largest absolute Gasteiger partial charge is 0.481 e. The molecule has 0 spiro atoms. The molecule has 1 fully saturated rings. The molecule has 0 aliphatic heterocycles. The van der Waals surface area contributed by atoms with Crippen molar-refractivity contribution in [2.45, 2.75) is 77.2 Å². The number of benzene rings is 3. The number of pyridine rings is 1. The van der Waals surface area contributed by atoms with E-state index in [4.69, 9.17) is 9.72 Å². The van der Waals surface area contributed by atoms with Gasteiger partial charge in [-0.05, 0) is 71.0 Å². The maximum Gasteiger partial charge on any atom is 0.303 e. The van der Waals surface area contributed by atoms with E-state index in [1.165, 1.54) is 31.2 Å². The number of amides is 1. The van der Waals surface area contributed by atoms with Gasteiger partial charge >= 0.3 is 5.97 Å². The molecule has 1 amide bonds. The quantitative estimate of drug-likeness (QED) is 0.202. The number of carbonyl (C=O) groups excluding carboxylic acids is 1. The van der Waals surface area contributed by atoms with Crippen molar-refractivity contribution < 1.29 is 19.4 Å². The van der Waals surface area contributed by atoms with Crippen LogP contribution >= 0.6 is 0 Å². The van der Waals surface area contributed by atoms with E-state index in [2.05, 4.69) is 38.2 Å². The fraction of sp³-hybridized carbons (Fsp3) is 0.361. The van der Waals surface area contributed by atoms with Crippen LogP contribution in [-0.4, -0.2) is 22.0 Å². The third-order valence-electron chi connectivity index (χ3n) is 8.18. The third-order valence-corrected chi connectivity index (χ3v) is 8.18. The van der Waals surface area contributed by atoms with Gasteiger partial charge in [-0.3, -0.25) is 9.59 Å². The van der Waals surface area contributed by atoms with E-state index in [9.17, 15) is 14.7 Å². The van der Waals surface area contributed by atoms with Gasteiger partial charge in [0.1, 0.15) is 17.2 Å². The van der Waals surface area contributed by atoms with Gasteiger partial charge in [-0.1, -0.05) is 95.0 Å². The first-order valence-corrected chi connectivity index (χ1v) is 15.0. The smallest absolute Gasteiger partial charge is 0.303 e. The van der Waals surface area contributed by atoms with Crippen LogP contribution in [0.15, 0.2) is 78.9 Å². The Morgan fingerprint density at radius 1 is 0.952 bits per heavy atom. The highest BCUT2D eigenvalue weighted by atomic mass is 16.5. The maximum absolute atomic E-state index is 13.6. The van der Waals surface area contributed by atoms with Crippen molar-refractivity contribution in [2.75, 3.05) is 0 Å². The minimum atomic E-state index is -0.893. The van der Waals surface area contributed by atoms with Crippen molar-refractivity contribution in [3.05, 3.63) is 101 Å². The number of fused-ring (bicyclic) bond motifs is 1. The number of rotatable bonds is 10. The number of aliphatic carboxylic acids is 1. The molecule has 5 rings (SSSR count). The lowest BCUT2D eigenvalue weighted by Crippen LogP contribution is -2.30. The normalized spacial score (nSPS) is 14.5. The van der Waals surface area contributed by atoms with Gasteiger partial charge in [0.2, 0.25) is 0 Å². The van der Waals surface area contributed by atoms with Crippen LogP contribution in [0.4, 0.5) is 0 Å². The number of ether oxygens (including phenoxy) is 1. The SMILES string of the molecule is CC(C)(C)c1ccc(Oc2ccc3cc(C(=O)NC(CCC(=O)O)c4ccccc4)nc(CC4CCCC4)c3c2)cc1. The molecule has 0 saturated heterocycles. The Kier molecular flexibility index (Phi) is 8.91. The first kappa shape index (κ1) is 29.3. The van der Waals surface area contributed by atoms with Crippen LogP contribution in [-0.2, 0) is 16.6 Å². The fourth-order valence-corrected chi connectivity index (χ4v) is 5.79. The summed E-state index contributed by atoms with van der Waals surface area (Å²) in [6, 6.07) is 25.1. The molecule has 0 bridgehead atoms. The van der Waals surface area contributed by atoms with Crippen molar-refractivity contribution in [1.29, 1.82) is 0 Å². The highest BCUT2D eigenvalue weighted by molar-refractivity contribution is 5.97. The Morgan fingerprint density at radius 3 is 2.31 bits per heavy atom. The molecule has 218 valence electrons. The van der Waals surface area contributed by atoms with Crippen LogP contribution in [0, 0.1) is 5.92 Å². The molecule has 1 heterocycles. The first-order valence-electron chi connectivity index (χ1n) is 15.0. The highest BCUT2D eigenvalue weighted by Gasteiger charge is 2.22. The van der Waals surface area contributed by atoms with Crippen LogP contribution in [0.1, 0.15) is 92.6 Å². The standard InChI is InChI=1S/C36H40N2O4/c1-36(2,3)27-14-17-28(18-15-27)42-29-16-13-26-22-33(37-32(30(26)23-29)21-24-9-7-8-10-24)35(41)38-31(19-20-34(39)40)25-11-5-4-6-12-25/h4-6,11-18,22-24,31H,7-10,19-21H2,1-3H3,(H,38,41)(H,39,40). The number of nitrogens with one attached hydrogen (secondary N) is 1. The number of hydrogen-bond donors (Lipinski definition) is 2. The number of nitrogens with zero attached hydrogens (tertiary/aromatic N) is 1. The van der Waals surface area contributed by atoms with E-state index in [1.807, 2.05) is 66.7 Å². The van der Waals surface area contributed by atoms with Crippen molar-refractivity contribution >= 4 is 22.6 Å². The lowest BCUT2D eigenvalue weighted by Gasteiger charge is -2.20. The topological polar surface area (TPSA) is 88.5 Å². The van der Waals surface area contributed by atoms with Crippen LogP contribution in [0.3, 0.4) is 0 Å². The van der Waals surface area contributed by atoms with Gasteiger partial charge in [-0.25, -0.2) is 4.98 Å². The van der Waals surface area contributed by atoms with E-state index in [1.54, 1.807) is 0 Å². The average molecular weight is 565 g/mol. The molecule has 1 unspecified atom stereocenters. The molecule has 6 heteroatoms. The van der Waals surface area contributed by atoms with Gasteiger partial charge in [0, 0.05) is 17.5 Å². The first-order chi connectivity index (χ1) is 20.2. The summed E-state index contributed by atoms with van der Waals surface area (Å²) < 4.78 is 6.25. The molecular formula is C36H40N2O4. The Bertz CT molecular complexity index is 1530. The van der Waals surface area contributed by atoms with Crippen molar-refractivity contribution in [2.24, 2.45) is 5.92 Å². The number of hydrogen-bond acceptors (Lipinski definition) is 4. The summed E-state index contributed by atoms with van der Waals surface area (Å²) in [5.41, 5.74) is 3.44. The summed E-state index contributed by atoms with van der Waals surface area (Å²) in [6.07, 6.45) is 5.85. The number of aromatic nitrogens is 1. The van der Waals surface area contributed by atoms with Crippen molar-refractivity contribution in [1.82, 2.24) is 10.3 Å². The second-order valence-corrected chi connectivity index (χ2v) is 12.4. The van der Waals surface area contributed by atoms with E-state index in [0.717, 1.165) is 39.9 Å². The predicted octanol–water partition coefficient (Wildman–Crippen LogP) is 8.39. The molecular weight excluding hydrogens is 524 g/mol. The van der Waals surface area contributed by atoms with E-state index < -0.39 is 12.0 Å². The minimum Gasteiger partial charge on any atom is -0.481 e. The molecule has 0 radical (unpaired) electrons. The Hall–Kier alpha value is -4.19. The summed E-state index contributed by atoms with van der Waals surface area (Å²) >= 11 is 0. The minimum absolute atomic E-state index is 0.0420. The molecule has 2 N–H and O–H groups in total. The molecule has 1 aliphatic carbocycles. The van der Waals surface area contributed by atoms with Gasteiger partial charge in [0.05, 0.1) is 6.04 Å². The Balaban J connectivity index is 1.44. The van der Waals surface area contributed by atoms with Gasteiger partial charge in [0.25, 0.3) is 5.91 Å². The average Bonchev–Trinajstić information content (AvgIpc) is 3.48. The molecule has 4 aromatic rings. The van der Waals surface area contributed by atoms with Gasteiger partial charge in [-0.15, -0.1) is 0 Å². The van der Waals surface area contributed by atoms with Gasteiger partial charge < -0.3 is 15.2 Å². The van der Waals surface area contributed by atoms with E-state index >= 15 is 0 Å². The van der Waals surface area contributed by atoms with Crippen molar-refractivity contribution in [3.63, 3.8) is 0 Å². The zero-order valence-electron chi connectivity index (χ0n) is 24.7. The highest BCUT2D eigenvalue weighted by Crippen LogP contribution is 2.33.